The minimum atomic E-state index is -0.668. The predicted molar refractivity (Wildman–Crippen MR) is 301 cm³/mol. The molecule has 0 saturated heterocycles. The van der Waals surface area contributed by atoms with Gasteiger partial charge in [-0.25, -0.2) is 0 Å². The summed E-state index contributed by atoms with van der Waals surface area (Å²) in [6.07, 6.45) is 71.8. The highest BCUT2D eigenvalue weighted by Gasteiger charge is 2.20. The second-order valence-corrected chi connectivity index (χ2v) is 21.4. The van der Waals surface area contributed by atoms with Crippen molar-refractivity contribution < 1.29 is 24.5 Å². The van der Waals surface area contributed by atoms with Gasteiger partial charge in [-0.15, -0.1) is 0 Å². The van der Waals surface area contributed by atoms with Crippen LogP contribution in [0, 0.1) is 0 Å². The first-order valence-electron chi connectivity index (χ1n) is 31.1. The lowest BCUT2D eigenvalue weighted by Gasteiger charge is -2.22. The van der Waals surface area contributed by atoms with Gasteiger partial charge in [0.25, 0.3) is 0 Å². The Hall–Kier alpha value is -1.66. The molecule has 0 fully saturated rings. The number of amides is 1. The number of unbranched alkanes of at least 4 members (excludes halogenated alkanes) is 43. The maximum atomic E-state index is 12.5. The van der Waals surface area contributed by atoms with E-state index in [2.05, 4.69) is 43.5 Å². The average Bonchev–Trinajstić information content (AvgIpc) is 3.35. The second-order valence-electron chi connectivity index (χ2n) is 21.4. The van der Waals surface area contributed by atoms with Crippen LogP contribution in [0.25, 0.3) is 0 Å². The standard InChI is InChI=1S/C63H121NO5/c1-3-5-7-9-11-13-15-17-19-21-24-27-31-35-39-43-47-51-55-61(66)60(59-65)64-62(67)56-52-48-44-40-36-32-28-25-22-23-26-30-34-38-42-46-50-54-58-69-63(68)57-53-49-45-41-37-33-29-20-18-16-14-12-10-8-6-4-2/h14,16,20,29,60-61,65-66H,3-13,15,17-19,21-28,30-59H2,1-2H3,(H,64,67)/b16-14-,29-20-. The van der Waals surface area contributed by atoms with Crippen LogP contribution >= 0.6 is 0 Å². The van der Waals surface area contributed by atoms with Crippen molar-refractivity contribution in [2.45, 2.75) is 353 Å². The lowest BCUT2D eigenvalue weighted by molar-refractivity contribution is -0.143. The molecule has 0 radical (unpaired) electrons. The SMILES string of the molecule is CCCCCC/C=C\C/C=C\CCCCCCCC(=O)OCCCCCCCCCCCCCCCCCCCCC(=O)NC(CO)C(O)CCCCCCCCCCCCCCCCCCCC. The molecule has 2 atom stereocenters. The molecule has 408 valence electrons. The van der Waals surface area contributed by atoms with E-state index in [1.165, 1.54) is 257 Å². The molecular formula is C63H121NO5. The van der Waals surface area contributed by atoms with Gasteiger partial charge in [-0.1, -0.05) is 295 Å². The number of aliphatic hydroxyl groups excluding tert-OH is 2. The molecule has 0 bridgehead atoms. The summed E-state index contributed by atoms with van der Waals surface area (Å²) in [4.78, 5) is 24.6. The van der Waals surface area contributed by atoms with Gasteiger partial charge in [0.05, 0.1) is 25.4 Å². The van der Waals surface area contributed by atoms with E-state index in [1.54, 1.807) is 0 Å². The number of hydrogen-bond acceptors (Lipinski definition) is 5. The number of allylic oxidation sites excluding steroid dienone is 4. The summed E-state index contributed by atoms with van der Waals surface area (Å²) in [6, 6.07) is -0.545. The molecule has 2 unspecified atom stereocenters. The lowest BCUT2D eigenvalue weighted by Crippen LogP contribution is -2.45. The van der Waals surface area contributed by atoms with Crippen molar-refractivity contribution in [2.24, 2.45) is 0 Å². The van der Waals surface area contributed by atoms with Crippen LogP contribution in [0.2, 0.25) is 0 Å². The van der Waals surface area contributed by atoms with Crippen molar-refractivity contribution >= 4 is 11.9 Å². The summed E-state index contributed by atoms with van der Waals surface area (Å²) < 4.78 is 5.48. The summed E-state index contributed by atoms with van der Waals surface area (Å²) in [6.45, 7) is 4.94. The molecule has 1 amide bonds. The van der Waals surface area contributed by atoms with E-state index in [0.29, 0.717) is 25.9 Å². The lowest BCUT2D eigenvalue weighted by atomic mass is 10.0. The van der Waals surface area contributed by atoms with Crippen LogP contribution in [0.1, 0.15) is 341 Å². The molecule has 0 aliphatic rings. The number of ether oxygens (including phenoxy) is 1. The first kappa shape index (κ1) is 67.3. The van der Waals surface area contributed by atoms with Crippen molar-refractivity contribution in [1.82, 2.24) is 5.32 Å². The molecule has 0 aromatic rings. The Balaban J connectivity index is 3.41. The number of esters is 1. The maximum absolute atomic E-state index is 12.5. The summed E-state index contributed by atoms with van der Waals surface area (Å²) in [5.74, 6) is -0.0420. The van der Waals surface area contributed by atoms with E-state index in [-0.39, 0.29) is 18.5 Å². The molecule has 0 saturated carbocycles. The Morgan fingerprint density at radius 3 is 1.12 bits per heavy atom. The van der Waals surface area contributed by atoms with Crippen molar-refractivity contribution in [3.05, 3.63) is 24.3 Å². The molecule has 0 rings (SSSR count). The first-order chi connectivity index (χ1) is 34.0. The van der Waals surface area contributed by atoms with Gasteiger partial charge in [0.2, 0.25) is 5.91 Å². The summed E-state index contributed by atoms with van der Waals surface area (Å²) in [7, 11) is 0. The Labute approximate surface area is 431 Å². The van der Waals surface area contributed by atoms with E-state index >= 15 is 0 Å². The minimum Gasteiger partial charge on any atom is -0.466 e. The first-order valence-corrected chi connectivity index (χ1v) is 31.1. The molecule has 0 aromatic carbocycles. The van der Waals surface area contributed by atoms with E-state index in [1.807, 2.05) is 0 Å². The van der Waals surface area contributed by atoms with Crippen LogP contribution < -0.4 is 5.32 Å². The fraction of sp³-hybridized carbons (Fsp3) is 0.905. The molecule has 0 heterocycles. The van der Waals surface area contributed by atoms with Gasteiger partial charge < -0.3 is 20.3 Å². The van der Waals surface area contributed by atoms with Gasteiger partial charge in [0, 0.05) is 12.8 Å². The number of nitrogens with one attached hydrogen (secondary N) is 1. The van der Waals surface area contributed by atoms with Crippen LogP contribution in [0.15, 0.2) is 24.3 Å². The van der Waals surface area contributed by atoms with Crippen molar-refractivity contribution in [3.63, 3.8) is 0 Å². The van der Waals surface area contributed by atoms with E-state index in [0.717, 1.165) is 51.4 Å². The highest BCUT2D eigenvalue weighted by atomic mass is 16.5. The molecule has 3 N–H and O–H groups in total. The number of aliphatic hydroxyl groups is 2. The fourth-order valence-electron chi connectivity index (χ4n) is 9.73. The zero-order valence-electron chi connectivity index (χ0n) is 46.6. The van der Waals surface area contributed by atoms with Crippen LogP contribution in [0.4, 0.5) is 0 Å². The molecule has 0 aromatic heterocycles. The normalized spacial score (nSPS) is 12.7. The summed E-state index contributed by atoms with van der Waals surface area (Å²) >= 11 is 0. The molecule has 69 heavy (non-hydrogen) atoms. The Kier molecular flexibility index (Phi) is 57.5. The van der Waals surface area contributed by atoms with Gasteiger partial charge in [0.15, 0.2) is 0 Å². The summed E-state index contributed by atoms with van der Waals surface area (Å²) in [5, 5.41) is 23.3. The minimum absolute atomic E-state index is 0.00548. The highest BCUT2D eigenvalue weighted by Crippen LogP contribution is 2.18. The van der Waals surface area contributed by atoms with E-state index in [9.17, 15) is 19.8 Å². The van der Waals surface area contributed by atoms with Gasteiger partial charge in [-0.05, 0) is 57.8 Å². The van der Waals surface area contributed by atoms with Crippen LogP contribution in [-0.2, 0) is 14.3 Å². The third-order valence-electron chi connectivity index (χ3n) is 14.5. The third-order valence-corrected chi connectivity index (χ3v) is 14.5. The van der Waals surface area contributed by atoms with Crippen molar-refractivity contribution in [2.75, 3.05) is 13.2 Å². The monoisotopic (exact) mass is 972 g/mol. The number of carbonyl (C=O) groups is 2. The number of rotatable bonds is 58. The Morgan fingerprint density at radius 1 is 0.406 bits per heavy atom. The Morgan fingerprint density at radius 2 is 0.725 bits per heavy atom. The zero-order valence-corrected chi connectivity index (χ0v) is 46.6. The molecule has 0 aliphatic heterocycles. The smallest absolute Gasteiger partial charge is 0.305 e. The second kappa shape index (κ2) is 58.9. The van der Waals surface area contributed by atoms with E-state index < -0.39 is 12.1 Å². The Bertz CT molecular complexity index is 1080. The van der Waals surface area contributed by atoms with Gasteiger partial charge in [-0.3, -0.25) is 9.59 Å². The molecule has 6 heteroatoms. The largest absolute Gasteiger partial charge is 0.466 e. The van der Waals surface area contributed by atoms with Crippen LogP contribution in [0.3, 0.4) is 0 Å². The fourth-order valence-corrected chi connectivity index (χ4v) is 9.73. The van der Waals surface area contributed by atoms with Crippen molar-refractivity contribution in [3.8, 4) is 0 Å². The van der Waals surface area contributed by atoms with Gasteiger partial charge >= 0.3 is 5.97 Å². The van der Waals surface area contributed by atoms with Gasteiger partial charge in [-0.2, -0.15) is 0 Å². The highest BCUT2D eigenvalue weighted by molar-refractivity contribution is 5.76. The predicted octanol–water partition coefficient (Wildman–Crippen LogP) is 19.4. The van der Waals surface area contributed by atoms with Crippen LogP contribution in [0.5, 0.6) is 0 Å². The van der Waals surface area contributed by atoms with Crippen molar-refractivity contribution in [1.29, 1.82) is 0 Å². The third kappa shape index (κ3) is 55.5. The molecule has 6 nitrogen and oxygen atoms in total. The van der Waals surface area contributed by atoms with Crippen LogP contribution in [-0.4, -0.2) is 47.4 Å². The average molecular weight is 973 g/mol. The zero-order chi connectivity index (χ0) is 50.0. The summed E-state index contributed by atoms with van der Waals surface area (Å²) in [5.41, 5.74) is 0. The number of hydrogen-bond donors (Lipinski definition) is 3. The number of carbonyl (C=O) groups excluding carboxylic acids is 2. The molecular weight excluding hydrogens is 851 g/mol. The van der Waals surface area contributed by atoms with E-state index in [4.69, 9.17) is 4.74 Å². The topological polar surface area (TPSA) is 95.9 Å². The maximum Gasteiger partial charge on any atom is 0.305 e. The molecule has 0 aliphatic carbocycles. The van der Waals surface area contributed by atoms with Gasteiger partial charge in [0.1, 0.15) is 0 Å². The quantitative estimate of drug-likeness (QED) is 0.0321. The molecule has 0 spiro atoms.